The van der Waals surface area contributed by atoms with Crippen LogP contribution in [0.25, 0.3) is 0 Å². The first kappa shape index (κ1) is 29.8. The van der Waals surface area contributed by atoms with Crippen LogP contribution in [0.1, 0.15) is 22.8 Å². The van der Waals surface area contributed by atoms with Gasteiger partial charge < -0.3 is 19.6 Å². The summed E-state index contributed by atoms with van der Waals surface area (Å²) in [7, 11) is 3.97. The van der Waals surface area contributed by atoms with Crippen molar-refractivity contribution in [3.63, 3.8) is 0 Å². The average Bonchev–Trinajstić information content (AvgIpc) is 2.94. The second-order valence-corrected chi connectivity index (χ2v) is 11.3. The molecule has 1 unspecified atom stereocenters. The van der Waals surface area contributed by atoms with Gasteiger partial charge in [-0.15, -0.1) is 0 Å². The van der Waals surface area contributed by atoms with Crippen LogP contribution in [0.4, 0.5) is 10.2 Å². The maximum atomic E-state index is 14.2. The fraction of sp³-hybridized carbons (Fsp3) is 0.379. The van der Waals surface area contributed by atoms with Gasteiger partial charge in [-0.25, -0.2) is 14.4 Å². The first-order chi connectivity index (χ1) is 19.2. The van der Waals surface area contributed by atoms with Crippen LogP contribution in [-0.2, 0) is 11.3 Å². The van der Waals surface area contributed by atoms with Crippen LogP contribution in [0.3, 0.4) is 0 Å². The smallest absolute Gasteiger partial charge is 0.257 e. The summed E-state index contributed by atoms with van der Waals surface area (Å²) in [5.74, 6) is -0.0373. The summed E-state index contributed by atoms with van der Waals surface area (Å²) < 4.78 is 14.2. The maximum Gasteiger partial charge on any atom is 0.257 e. The van der Waals surface area contributed by atoms with Crippen LogP contribution >= 0.6 is 23.4 Å². The number of aromatic nitrogens is 2. The van der Waals surface area contributed by atoms with Crippen molar-refractivity contribution >= 4 is 41.0 Å². The van der Waals surface area contributed by atoms with Crippen LogP contribution in [0.15, 0.2) is 65.8 Å². The molecule has 2 aromatic carbocycles. The van der Waals surface area contributed by atoms with Crippen molar-refractivity contribution in [1.82, 2.24) is 24.7 Å². The molecule has 1 aromatic heterocycles. The first-order valence-electron chi connectivity index (χ1n) is 13.2. The number of carbonyl (C=O) groups excluding carboxylic acids is 2. The molecule has 0 radical (unpaired) electrons. The molecule has 1 aliphatic rings. The molecule has 8 nitrogen and oxygen atoms in total. The van der Waals surface area contributed by atoms with Crippen molar-refractivity contribution in [2.45, 2.75) is 24.7 Å². The first-order valence-corrected chi connectivity index (χ1v) is 14.5. The van der Waals surface area contributed by atoms with E-state index >= 15 is 0 Å². The Labute approximate surface area is 244 Å². The van der Waals surface area contributed by atoms with Crippen LogP contribution in [-0.4, -0.2) is 95.1 Å². The fourth-order valence-corrected chi connectivity index (χ4v) is 5.49. The molecule has 2 heterocycles. The van der Waals surface area contributed by atoms with E-state index in [0.29, 0.717) is 43.7 Å². The zero-order valence-electron chi connectivity index (χ0n) is 23.0. The molecule has 4 rings (SSSR count). The summed E-state index contributed by atoms with van der Waals surface area (Å²) in [6, 6.07) is 17.5. The molecule has 0 bridgehead atoms. The second kappa shape index (κ2) is 13.9. The highest BCUT2D eigenvalue weighted by Gasteiger charge is 2.30. The minimum absolute atomic E-state index is 0.00489. The Morgan fingerprint density at radius 1 is 1.05 bits per heavy atom. The van der Waals surface area contributed by atoms with E-state index in [4.69, 9.17) is 11.6 Å². The minimum Gasteiger partial charge on any atom is -0.353 e. The standard InChI is InChI=1S/C29H34ClFN6O2S/c1-21-18-35(15-16-37(21)28(39)23-11-7-8-12-24(23)31)26-17-25(30)32-29(33-26)40-20-27(38)36(14-13-34(2)3)19-22-9-5-4-6-10-22/h4-12,17,21H,13-16,18-20H2,1-3H3. The highest BCUT2D eigenvalue weighted by atomic mass is 35.5. The van der Waals surface area contributed by atoms with E-state index in [2.05, 4.69) is 14.9 Å². The summed E-state index contributed by atoms with van der Waals surface area (Å²) >= 11 is 7.61. The van der Waals surface area contributed by atoms with Gasteiger partial charge in [0.1, 0.15) is 16.8 Å². The third-order valence-corrected chi connectivity index (χ3v) is 7.71. The number of nitrogens with zero attached hydrogens (tertiary/aromatic N) is 6. The Morgan fingerprint density at radius 3 is 2.48 bits per heavy atom. The van der Waals surface area contributed by atoms with Crippen LogP contribution < -0.4 is 4.90 Å². The molecule has 0 saturated carbocycles. The molecule has 40 heavy (non-hydrogen) atoms. The molecule has 0 aliphatic carbocycles. The zero-order chi connectivity index (χ0) is 28.6. The highest BCUT2D eigenvalue weighted by Crippen LogP contribution is 2.25. The van der Waals surface area contributed by atoms with Crippen molar-refractivity contribution < 1.29 is 14.0 Å². The molecular formula is C29H34ClFN6O2S. The monoisotopic (exact) mass is 584 g/mol. The Morgan fingerprint density at radius 2 is 1.77 bits per heavy atom. The number of likely N-dealkylation sites (N-methyl/N-ethyl adjacent to an activating group) is 1. The molecule has 1 aliphatic heterocycles. The number of thioether (sulfide) groups is 1. The van der Waals surface area contributed by atoms with E-state index in [9.17, 15) is 14.0 Å². The lowest BCUT2D eigenvalue weighted by atomic mass is 10.1. The van der Waals surface area contributed by atoms with Crippen LogP contribution in [0.5, 0.6) is 0 Å². The number of benzene rings is 2. The number of carbonyl (C=O) groups is 2. The number of amides is 2. The van der Waals surface area contributed by atoms with Crippen molar-refractivity contribution in [1.29, 1.82) is 0 Å². The normalized spacial score (nSPS) is 15.4. The van der Waals surface area contributed by atoms with E-state index in [1.807, 2.05) is 61.2 Å². The second-order valence-electron chi connectivity index (χ2n) is 10.00. The lowest BCUT2D eigenvalue weighted by Crippen LogP contribution is -2.54. The van der Waals surface area contributed by atoms with Gasteiger partial charge in [0.25, 0.3) is 5.91 Å². The molecule has 11 heteroatoms. The topological polar surface area (TPSA) is 72.9 Å². The minimum atomic E-state index is -0.523. The lowest BCUT2D eigenvalue weighted by molar-refractivity contribution is -0.129. The predicted octanol–water partition coefficient (Wildman–Crippen LogP) is 4.30. The van der Waals surface area contributed by atoms with Gasteiger partial charge in [0.05, 0.1) is 11.3 Å². The summed E-state index contributed by atoms with van der Waals surface area (Å²) in [6.07, 6.45) is 0. The SMILES string of the molecule is CC1CN(c2cc(Cl)nc(SCC(=O)N(CCN(C)C)Cc3ccccc3)n2)CCN1C(=O)c1ccccc1F. The number of hydrogen-bond acceptors (Lipinski definition) is 7. The molecule has 1 saturated heterocycles. The highest BCUT2D eigenvalue weighted by molar-refractivity contribution is 7.99. The van der Waals surface area contributed by atoms with Crippen molar-refractivity contribution in [3.8, 4) is 0 Å². The van der Waals surface area contributed by atoms with E-state index < -0.39 is 5.82 Å². The van der Waals surface area contributed by atoms with E-state index in [-0.39, 0.29) is 34.3 Å². The number of piperazine rings is 1. The molecule has 0 N–H and O–H groups in total. The van der Waals surface area contributed by atoms with Gasteiger partial charge in [-0.2, -0.15) is 0 Å². The predicted molar refractivity (Wildman–Crippen MR) is 157 cm³/mol. The Balaban J connectivity index is 1.40. The zero-order valence-corrected chi connectivity index (χ0v) is 24.5. The van der Waals surface area contributed by atoms with E-state index in [0.717, 1.165) is 12.1 Å². The summed E-state index contributed by atoms with van der Waals surface area (Å²) in [5, 5.41) is 0.701. The molecule has 2 amide bonds. The Kier molecular flexibility index (Phi) is 10.4. The van der Waals surface area contributed by atoms with E-state index in [1.165, 1.54) is 23.9 Å². The maximum absolute atomic E-state index is 14.2. The third-order valence-electron chi connectivity index (χ3n) is 6.69. The summed E-state index contributed by atoms with van der Waals surface area (Å²) in [5.41, 5.74) is 1.14. The van der Waals surface area contributed by atoms with Gasteiger partial charge in [0, 0.05) is 51.4 Å². The van der Waals surface area contributed by atoms with Crippen LogP contribution in [0, 0.1) is 5.82 Å². The number of halogens is 2. The third kappa shape index (κ3) is 7.93. The molecule has 1 atom stereocenters. The summed E-state index contributed by atoms with van der Waals surface area (Å²) in [4.78, 5) is 42.8. The van der Waals surface area contributed by atoms with Gasteiger partial charge in [-0.3, -0.25) is 9.59 Å². The fourth-order valence-electron chi connectivity index (χ4n) is 4.50. The molecule has 212 valence electrons. The number of anilines is 1. The van der Waals surface area contributed by atoms with Crippen LogP contribution in [0.2, 0.25) is 5.15 Å². The van der Waals surface area contributed by atoms with Crippen molar-refractivity contribution in [2.75, 3.05) is 57.5 Å². The molecule has 1 fully saturated rings. The molecule has 0 spiro atoms. The summed E-state index contributed by atoms with van der Waals surface area (Å²) in [6.45, 7) is 5.25. The van der Waals surface area contributed by atoms with Crippen molar-refractivity contribution in [3.05, 3.63) is 82.8 Å². The Bertz CT molecular complexity index is 1310. The van der Waals surface area contributed by atoms with Gasteiger partial charge >= 0.3 is 0 Å². The quantitative estimate of drug-likeness (QED) is 0.200. The Hall–Kier alpha value is -3.21. The average molecular weight is 585 g/mol. The van der Waals surface area contributed by atoms with E-state index in [1.54, 1.807) is 23.1 Å². The van der Waals surface area contributed by atoms with Gasteiger partial charge in [0.2, 0.25) is 5.91 Å². The number of hydrogen-bond donors (Lipinski definition) is 0. The van der Waals surface area contributed by atoms with Gasteiger partial charge in [-0.05, 0) is 38.7 Å². The van der Waals surface area contributed by atoms with Gasteiger partial charge in [0.15, 0.2) is 5.16 Å². The number of rotatable bonds is 10. The molecule has 3 aromatic rings. The van der Waals surface area contributed by atoms with Crippen molar-refractivity contribution in [2.24, 2.45) is 0 Å². The lowest BCUT2D eigenvalue weighted by Gasteiger charge is -2.40. The van der Waals surface area contributed by atoms with Gasteiger partial charge in [-0.1, -0.05) is 65.8 Å². The molecular weight excluding hydrogens is 551 g/mol. The largest absolute Gasteiger partial charge is 0.353 e.